The van der Waals surface area contributed by atoms with Gasteiger partial charge in [-0.25, -0.2) is 0 Å². The van der Waals surface area contributed by atoms with E-state index >= 15 is 0 Å². The fourth-order valence-electron chi connectivity index (χ4n) is 3.96. The summed E-state index contributed by atoms with van der Waals surface area (Å²) >= 11 is 0. The molecule has 0 spiro atoms. The number of nitrogens with zero attached hydrogens (tertiary/aromatic N) is 1. The third-order valence-corrected chi connectivity index (χ3v) is 5.46. The van der Waals surface area contributed by atoms with Crippen LogP contribution in [0.5, 0.6) is 0 Å². The topological polar surface area (TPSA) is 49.4 Å². The van der Waals surface area contributed by atoms with E-state index in [1.165, 1.54) is 24.0 Å². The molecular weight excluding hydrogens is 324 g/mol. The van der Waals surface area contributed by atoms with Crippen molar-refractivity contribution in [1.82, 2.24) is 5.32 Å². The molecule has 4 heteroatoms. The first-order valence-electron chi connectivity index (χ1n) is 9.45. The van der Waals surface area contributed by atoms with Crippen molar-refractivity contribution in [3.05, 3.63) is 64.7 Å². The molecule has 1 heterocycles. The summed E-state index contributed by atoms with van der Waals surface area (Å²) in [7, 11) is 0. The normalized spacial score (nSPS) is 17.3. The average molecular weight is 348 g/mol. The van der Waals surface area contributed by atoms with Gasteiger partial charge in [0.05, 0.1) is 6.04 Å². The van der Waals surface area contributed by atoms with Crippen molar-refractivity contribution in [3.8, 4) is 0 Å². The second-order valence-electron chi connectivity index (χ2n) is 7.28. The lowest BCUT2D eigenvalue weighted by atomic mass is 10.0. The highest BCUT2D eigenvalue weighted by atomic mass is 16.2. The number of hydrogen-bond donors (Lipinski definition) is 1. The molecular formula is C22H24N2O2. The molecule has 1 aliphatic carbocycles. The number of fused-ring (bicyclic) bond motifs is 1. The number of hydrogen-bond acceptors (Lipinski definition) is 2. The summed E-state index contributed by atoms with van der Waals surface area (Å²) in [5.74, 6) is 0.0283. The van der Waals surface area contributed by atoms with Crippen molar-refractivity contribution in [2.24, 2.45) is 0 Å². The molecule has 0 bridgehead atoms. The molecule has 1 unspecified atom stereocenters. The van der Waals surface area contributed by atoms with Crippen LogP contribution in [0.1, 0.15) is 59.3 Å². The summed E-state index contributed by atoms with van der Waals surface area (Å²) in [6.45, 7) is 2.75. The Morgan fingerprint density at radius 3 is 2.69 bits per heavy atom. The van der Waals surface area contributed by atoms with Gasteiger partial charge in [-0.05, 0) is 67.5 Å². The Kier molecular flexibility index (Phi) is 4.49. The summed E-state index contributed by atoms with van der Waals surface area (Å²) < 4.78 is 0. The molecule has 1 fully saturated rings. The highest BCUT2D eigenvalue weighted by Crippen LogP contribution is 2.26. The summed E-state index contributed by atoms with van der Waals surface area (Å²) in [5.41, 5.74) is 5.40. The minimum Gasteiger partial charge on any atom is -0.346 e. The highest BCUT2D eigenvalue weighted by molar-refractivity contribution is 5.99. The van der Waals surface area contributed by atoms with Gasteiger partial charge in [0.25, 0.3) is 5.91 Å². The van der Waals surface area contributed by atoms with Crippen LogP contribution in [0, 0.1) is 0 Å². The van der Waals surface area contributed by atoms with Gasteiger partial charge in [-0.1, -0.05) is 24.3 Å². The maximum atomic E-state index is 12.7. The van der Waals surface area contributed by atoms with Crippen LogP contribution in [-0.4, -0.2) is 18.4 Å². The van der Waals surface area contributed by atoms with Gasteiger partial charge >= 0.3 is 0 Å². The number of amides is 2. The SMILES string of the molecule is CC(NC(=O)c1cccc(N2CCCC2=O)c1)c1ccc2c(c1)CCC2. The van der Waals surface area contributed by atoms with E-state index in [9.17, 15) is 9.59 Å². The fraction of sp³-hybridized carbons (Fsp3) is 0.364. The van der Waals surface area contributed by atoms with Crippen LogP contribution >= 0.6 is 0 Å². The largest absolute Gasteiger partial charge is 0.346 e. The molecule has 0 aromatic heterocycles. The molecule has 26 heavy (non-hydrogen) atoms. The Morgan fingerprint density at radius 2 is 1.88 bits per heavy atom. The van der Waals surface area contributed by atoms with E-state index in [4.69, 9.17) is 0 Å². The Morgan fingerprint density at radius 1 is 1.04 bits per heavy atom. The van der Waals surface area contributed by atoms with Gasteiger partial charge in [-0.15, -0.1) is 0 Å². The zero-order chi connectivity index (χ0) is 18.1. The molecule has 1 atom stereocenters. The molecule has 1 N–H and O–H groups in total. The quantitative estimate of drug-likeness (QED) is 0.914. The molecule has 2 amide bonds. The van der Waals surface area contributed by atoms with Gasteiger partial charge in [0.2, 0.25) is 5.91 Å². The van der Waals surface area contributed by atoms with Crippen molar-refractivity contribution in [2.45, 2.75) is 45.1 Å². The Hall–Kier alpha value is -2.62. The number of rotatable bonds is 4. The summed E-state index contributed by atoms with van der Waals surface area (Å²) in [6, 6.07) is 13.8. The highest BCUT2D eigenvalue weighted by Gasteiger charge is 2.22. The van der Waals surface area contributed by atoms with Gasteiger partial charge in [0.1, 0.15) is 0 Å². The molecule has 2 aliphatic rings. The molecule has 1 aliphatic heterocycles. The van der Waals surface area contributed by atoms with E-state index in [-0.39, 0.29) is 17.9 Å². The number of carbonyl (C=O) groups excluding carboxylic acids is 2. The maximum Gasteiger partial charge on any atom is 0.251 e. The standard InChI is InChI=1S/C22H24N2O2/c1-15(17-11-10-16-5-2-6-18(16)13-17)23-22(26)19-7-3-8-20(14-19)24-12-4-9-21(24)25/h3,7-8,10-11,13-15H,2,4-6,9,12H2,1H3,(H,23,26). The van der Waals surface area contributed by atoms with E-state index in [1.54, 1.807) is 11.0 Å². The predicted octanol–water partition coefficient (Wildman–Crippen LogP) is 3.79. The lowest BCUT2D eigenvalue weighted by Gasteiger charge is -2.18. The van der Waals surface area contributed by atoms with Crippen molar-refractivity contribution >= 4 is 17.5 Å². The Labute approximate surface area is 154 Å². The van der Waals surface area contributed by atoms with Crippen LogP contribution < -0.4 is 10.2 Å². The van der Waals surface area contributed by atoms with E-state index in [2.05, 4.69) is 23.5 Å². The first kappa shape index (κ1) is 16.8. The average Bonchev–Trinajstić information content (AvgIpc) is 3.29. The molecule has 4 nitrogen and oxygen atoms in total. The predicted molar refractivity (Wildman–Crippen MR) is 102 cm³/mol. The van der Waals surface area contributed by atoms with Crippen LogP contribution in [0.25, 0.3) is 0 Å². The zero-order valence-electron chi connectivity index (χ0n) is 15.1. The zero-order valence-corrected chi connectivity index (χ0v) is 15.1. The molecule has 0 radical (unpaired) electrons. The van der Waals surface area contributed by atoms with Gasteiger partial charge in [-0.3, -0.25) is 9.59 Å². The first-order valence-corrected chi connectivity index (χ1v) is 9.45. The minimum atomic E-state index is -0.105. The molecule has 2 aromatic carbocycles. The van der Waals surface area contributed by atoms with Crippen LogP contribution in [0.4, 0.5) is 5.69 Å². The number of nitrogens with one attached hydrogen (secondary N) is 1. The van der Waals surface area contributed by atoms with Crippen molar-refractivity contribution < 1.29 is 9.59 Å². The third-order valence-electron chi connectivity index (χ3n) is 5.46. The van der Waals surface area contributed by atoms with Crippen molar-refractivity contribution in [2.75, 3.05) is 11.4 Å². The first-order chi connectivity index (χ1) is 12.6. The molecule has 0 saturated carbocycles. The van der Waals surface area contributed by atoms with E-state index in [0.29, 0.717) is 12.0 Å². The third kappa shape index (κ3) is 3.24. The monoisotopic (exact) mass is 348 g/mol. The number of benzene rings is 2. The van der Waals surface area contributed by atoms with E-state index in [0.717, 1.165) is 30.6 Å². The van der Waals surface area contributed by atoms with E-state index < -0.39 is 0 Å². The Bertz CT molecular complexity index is 859. The van der Waals surface area contributed by atoms with Crippen LogP contribution in [0.2, 0.25) is 0 Å². The van der Waals surface area contributed by atoms with Crippen molar-refractivity contribution in [3.63, 3.8) is 0 Å². The number of aryl methyl sites for hydroxylation is 2. The number of anilines is 1. The van der Waals surface area contributed by atoms with Gasteiger partial charge in [-0.2, -0.15) is 0 Å². The van der Waals surface area contributed by atoms with Crippen molar-refractivity contribution in [1.29, 1.82) is 0 Å². The lowest BCUT2D eigenvalue weighted by Crippen LogP contribution is -2.28. The lowest BCUT2D eigenvalue weighted by molar-refractivity contribution is -0.117. The van der Waals surface area contributed by atoms with E-state index in [1.807, 2.05) is 25.1 Å². The molecule has 4 rings (SSSR count). The Balaban J connectivity index is 1.48. The maximum absolute atomic E-state index is 12.7. The summed E-state index contributed by atoms with van der Waals surface area (Å²) in [5, 5.41) is 3.09. The summed E-state index contributed by atoms with van der Waals surface area (Å²) in [6.07, 6.45) is 4.99. The molecule has 134 valence electrons. The molecule has 1 saturated heterocycles. The van der Waals surface area contributed by atoms with Crippen LogP contribution in [0.15, 0.2) is 42.5 Å². The van der Waals surface area contributed by atoms with Gasteiger partial charge < -0.3 is 10.2 Å². The van der Waals surface area contributed by atoms with Gasteiger partial charge in [0, 0.05) is 24.2 Å². The minimum absolute atomic E-state index is 0.0505. The smallest absolute Gasteiger partial charge is 0.251 e. The second kappa shape index (κ2) is 6.94. The molecule has 2 aromatic rings. The van der Waals surface area contributed by atoms with Crippen LogP contribution in [0.3, 0.4) is 0 Å². The van der Waals surface area contributed by atoms with Crippen LogP contribution in [-0.2, 0) is 17.6 Å². The summed E-state index contributed by atoms with van der Waals surface area (Å²) in [4.78, 5) is 26.4. The number of carbonyl (C=O) groups is 2. The van der Waals surface area contributed by atoms with Gasteiger partial charge in [0.15, 0.2) is 0 Å². The second-order valence-corrected chi connectivity index (χ2v) is 7.28. The fourth-order valence-corrected chi connectivity index (χ4v) is 3.96.